The van der Waals surface area contributed by atoms with Crippen molar-refractivity contribution in [2.45, 2.75) is 0 Å². The first-order valence-corrected chi connectivity index (χ1v) is 3.82. The van der Waals surface area contributed by atoms with Gasteiger partial charge in [-0.25, -0.2) is 4.79 Å². The first kappa shape index (κ1) is 10.7. The van der Waals surface area contributed by atoms with Crippen LogP contribution in [0.25, 0.3) is 0 Å². The van der Waals surface area contributed by atoms with E-state index in [-0.39, 0.29) is 5.56 Å². The van der Waals surface area contributed by atoms with E-state index in [1.165, 1.54) is 12.3 Å². The molecule has 1 aromatic rings. The number of hydrogen-bond acceptors (Lipinski definition) is 3. The Morgan fingerprint density at radius 3 is 2.08 bits per heavy atom. The third-order valence-electron chi connectivity index (χ3n) is 0.686. The number of aromatic nitrogens is 2. The van der Waals surface area contributed by atoms with Crippen molar-refractivity contribution in [1.29, 1.82) is 0 Å². The monoisotopic (exact) mass is 193 g/mol. The lowest BCUT2D eigenvalue weighted by molar-refractivity contribution is 0.405. The van der Waals surface area contributed by atoms with Gasteiger partial charge in [-0.05, 0) is 0 Å². The fraction of sp³-hybridized carbons (Fsp3) is 0. The second kappa shape index (κ2) is 5.36. The summed E-state index contributed by atoms with van der Waals surface area (Å²) < 4.78 is 8.70. The van der Waals surface area contributed by atoms with E-state index in [2.05, 4.69) is 4.98 Å². The average molecular weight is 193 g/mol. The van der Waals surface area contributed by atoms with E-state index < -0.39 is 13.9 Å². The van der Waals surface area contributed by atoms with Gasteiger partial charge in [0.05, 0.1) is 0 Å². The molecule has 0 aromatic carbocycles. The van der Waals surface area contributed by atoms with Crippen molar-refractivity contribution < 1.29 is 14.4 Å². The van der Waals surface area contributed by atoms with Crippen molar-refractivity contribution in [2.24, 2.45) is 0 Å². The maximum Gasteiger partial charge on any atom is 0.692 e. The van der Waals surface area contributed by atoms with E-state index in [0.717, 1.165) is 0 Å². The highest BCUT2D eigenvalue weighted by atomic mass is 31.1. The minimum atomic E-state index is -2.87. The lowest BCUT2D eigenvalue weighted by atomic mass is 10.7. The van der Waals surface area contributed by atoms with Crippen molar-refractivity contribution in [3.05, 3.63) is 33.1 Å². The zero-order valence-electron chi connectivity index (χ0n) is 5.72. The maximum atomic E-state index is 10.2. The molecule has 4 N–H and O–H groups in total. The Kier molecular flexibility index (Phi) is 4.78. The first-order chi connectivity index (χ1) is 5.52. The van der Waals surface area contributed by atoms with Gasteiger partial charge in [-0.15, -0.1) is 9.79 Å². The van der Waals surface area contributed by atoms with Crippen molar-refractivity contribution in [1.82, 2.24) is 9.97 Å². The fourth-order valence-corrected chi connectivity index (χ4v) is 0.383. The molecule has 1 aromatic heterocycles. The van der Waals surface area contributed by atoms with Gasteiger partial charge in [0.15, 0.2) is 0 Å². The molecule has 7 nitrogen and oxygen atoms in total. The van der Waals surface area contributed by atoms with Crippen LogP contribution in [0.2, 0.25) is 0 Å². The lowest BCUT2D eigenvalue weighted by Crippen LogP contribution is -2.19. The van der Waals surface area contributed by atoms with Gasteiger partial charge in [0, 0.05) is 16.8 Å². The molecule has 0 amide bonds. The standard InChI is InChI=1S/C4H4N2O2.HO3P/c7-3-1-2-5-4(8)6-3;1-4(2)3/h1-2H,(H2,5,6,7,8);(H-,1,2,3)/p+1. The topological polar surface area (TPSA) is 123 Å². The molecule has 0 radical (unpaired) electrons. The molecule has 1 rings (SSSR count). The summed E-state index contributed by atoms with van der Waals surface area (Å²) in [5.74, 6) is 0. The Bertz CT molecular complexity index is 325. The van der Waals surface area contributed by atoms with Gasteiger partial charge >= 0.3 is 13.9 Å². The van der Waals surface area contributed by atoms with E-state index >= 15 is 0 Å². The smallest absolute Gasteiger partial charge is 0.314 e. The summed E-state index contributed by atoms with van der Waals surface area (Å²) in [6.45, 7) is 0. The SMILES string of the molecule is O=[P+](O)O.O=c1cc[nH]c(=O)[nH]1. The molecule has 0 bridgehead atoms. The number of aromatic amines is 2. The predicted octanol–water partition coefficient (Wildman–Crippen LogP) is -1.31. The third kappa shape index (κ3) is 6.81. The van der Waals surface area contributed by atoms with E-state index in [1.807, 2.05) is 4.98 Å². The van der Waals surface area contributed by atoms with Crippen LogP contribution < -0.4 is 11.2 Å². The van der Waals surface area contributed by atoms with Crippen LogP contribution in [-0.4, -0.2) is 19.8 Å². The van der Waals surface area contributed by atoms with Gasteiger partial charge in [-0.2, -0.15) is 0 Å². The number of rotatable bonds is 0. The molecule has 0 fully saturated rings. The normalized spacial score (nSPS) is 8.17. The summed E-state index contributed by atoms with van der Waals surface area (Å²) in [5.41, 5.74) is -0.855. The van der Waals surface area contributed by atoms with Gasteiger partial charge < -0.3 is 4.98 Å². The van der Waals surface area contributed by atoms with Crippen molar-refractivity contribution in [3.63, 3.8) is 0 Å². The minimum Gasteiger partial charge on any atom is -0.314 e. The van der Waals surface area contributed by atoms with Crippen LogP contribution in [0.1, 0.15) is 0 Å². The molecule has 1 heterocycles. The molecule has 0 aliphatic carbocycles. The van der Waals surface area contributed by atoms with Crippen LogP contribution in [0, 0.1) is 0 Å². The molecular formula is C4H6N2O5P+. The summed E-state index contributed by atoms with van der Waals surface area (Å²) >= 11 is 0. The minimum absolute atomic E-state index is 0.381. The van der Waals surface area contributed by atoms with E-state index in [9.17, 15) is 9.59 Å². The number of nitrogens with one attached hydrogen (secondary N) is 2. The highest BCUT2D eigenvalue weighted by molar-refractivity contribution is 7.30. The van der Waals surface area contributed by atoms with E-state index in [0.29, 0.717) is 0 Å². The molecule has 66 valence electrons. The second-order valence-corrected chi connectivity index (χ2v) is 2.05. The van der Waals surface area contributed by atoms with Crippen LogP contribution in [0.5, 0.6) is 0 Å². The maximum absolute atomic E-state index is 10.2. The predicted molar refractivity (Wildman–Crippen MR) is 39.7 cm³/mol. The fourth-order valence-electron chi connectivity index (χ4n) is 0.383. The molecule has 0 unspecified atom stereocenters. The van der Waals surface area contributed by atoms with Crippen LogP contribution in [0.15, 0.2) is 21.9 Å². The van der Waals surface area contributed by atoms with Crippen molar-refractivity contribution in [2.75, 3.05) is 0 Å². The molecule has 12 heavy (non-hydrogen) atoms. The van der Waals surface area contributed by atoms with Crippen LogP contribution in [-0.2, 0) is 4.57 Å². The molecular weight excluding hydrogens is 187 g/mol. The Morgan fingerprint density at radius 1 is 1.33 bits per heavy atom. The largest absolute Gasteiger partial charge is 0.692 e. The lowest BCUT2D eigenvalue weighted by Gasteiger charge is -1.75. The molecule has 0 saturated carbocycles. The zero-order chi connectivity index (χ0) is 9.56. The third-order valence-corrected chi connectivity index (χ3v) is 0.686. The zero-order valence-corrected chi connectivity index (χ0v) is 6.62. The summed E-state index contributed by atoms with van der Waals surface area (Å²) in [6, 6.07) is 1.24. The van der Waals surface area contributed by atoms with Gasteiger partial charge in [-0.3, -0.25) is 9.78 Å². The van der Waals surface area contributed by atoms with Crippen molar-refractivity contribution >= 4 is 8.25 Å². The molecule has 0 atom stereocenters. The van der Waals surface area contributed by atoms with Crippen LogP contribution in [0.4, 0.5) is 0 Å². The van der Waals surface area contributed by atoms with Gasteiger partial charge in [0.1, 0.15) is 0 Å². The number of H-pyrrole nitrogens is 2. The van der Waals surface area contributed by atoms with Crippen LogP contribution in [0.3, 0.4) is 0 Å². The highest BCUT2D eigenvalue weighted by Crippen LogP contribution is 1.98. The Balaban J connectivity index is 0.000000261. The number of hydrogen-bond donors (Lipinski definition) is 4. The van der Waals surface area contributed by atoms with Gasteiger partial charge in [0.2, 0.25) is 0 Å². The summed E-state index contributed by atoms with van der Waals surface area (Å²) in [5, 5.41) is 0. The summed E-state index contributed by atoms with van der Waals surface area (Å²) in [6.07, 6.45) is 1.29. The summed E-state index contributed by atoms with van der Waals surface area (Å²) in [7, 11) is -2.87. The van der Waals surface area contributed by atoms with E-state index in [4.69, 9.17) is 14.4 Å². The Morgan fingerprint density at radius 2 is 1.83 bits per heavy atom. The van der Waals surface area contributed by atoms with Gasteiger partial charge in [0.25, 0.3) is 5.56 Å². The molecule has 0 spiro atoms. The van der Waals surface area contributed by atoms with Crippen LogP contribution >= 0.6 is 8.25 Å². The average Bonchev–Trinajstić information content (AvgIpc) is 1.84. The highest BCUT2D eigenvalue weighted by Gasteiger charge is 1.93. The van der Waals surface area contributed by atoms with E-state index in [1.54, 1.807) is 0 Å². The Labute approximate surface area is 66.7 Å². The molecule has 8 heteroatoms. The van der Waals surface area contributed by atoms with Crippen molar-refractivity contribution in [3.8, 4) is 0 Å². The Hall–Kier alpha value is -1.30. The summed E-state index contributed by atoms with van der Waals surface area (Å²) in [4.78, 5) is 38.9. The second-order valence-electron chi connectivity index (χ2n) is 1.55. The quantitative estimate of drug-likeness (QED) is 0.381. The molecule has 0 aliphatic rings. The van der Waals surface area contributed by atoms with Gasteiger partial charge in [-0.1, -0.05) is 0 Å². The molecule has 0 saturated heterocycles. The molecule has 0 aliphatic heterocycles. The first-order valence-electron chi connectivity index (χ1n) is 2.65.